The molecule has 0 aromatic rings. The first-order valence-corrected chi connectivity index (χ1v) is 5.89. The zero-order valence-corrected chi connectivity index (χ0v) is 9.84. The molecule has 1 saturated heterocycles. The van der Waals surface area contributed by atoms with Gasteiger partial charge in [0.1, 0.15) is 5.60 Å². The van der Waals surface area contributed by atoms with E-state index in [1.165, 1.54) is 32.8 Å². The molecule has 0 radical (unpaired) electrons. The number of carbonyl (C=O) groups is 1. The molecule has 0 aromatic carbocycles. The number of hydrogen-bond acceptors (Lipinski definition) is 3. The molecule has 0 spiro atoms. The van der Waals surface area contributed by atoms with Gasteiger partial charge in [0.15, 0.2) is 5.60 Å². The Labute approximate surface area is 91.1 Å². The molecule has 1 aliphatic heterocycles. The molecule has 0 amide bonds. The first kappa shape index (κ1) is 10.9. The van der Waals surface area contributed by atoms with Gasteiger partial charge in [0.25, 0.3) is 0 Å². The summed E-state index contributed by atoms with van der Waals surface area (Å²) in [5.74, 6) is 0.336. The predicted molar refractivity (Wildman–Crippen MR) is 56.5 cm³/mol. The van der Waals surface area contributed by atoms with Gasteiger partial charge in [0.2, 0.25) is 0 Å². The van der Waals surface area contributed by atoms with E-state index in [1.54, 1.807) is 0 Å². The summed E-state index contributed by atoms with van der Waals surface area (Å²) in [4.78, 5) is 11.7. The number of methoxy groups -OCH3 is 1. The van der Waals surface area contributed by atoms with Gasteiger partial charge in [-0.2, -0.15) is 0 Å². The van der Waals surface area contributed by atoms with E-state index in [4.69, 9.17) is 9.47 Å². The van der Waals surface area contributed by atoms with Crippen molar-refractivity contribution < 1.29 is 14.3 Å². The molecule has 0 bridgehead atoms. The summed E-state index contributed by atoms with van der Waals surface area (Å²) in [6.07, 6.45) is 5.84. The molecule has 2 unspecified atom stereocenters. The zero-order chi connectivity index (χ0) is 11.1. The van der Waals surface area contributed by atoms with Crippen molar-refractivity contribution in [1.29, 1.82) is 0 Å². The van der Waals surface area contributed by atoms with Crippen LogP contribution in [0.5, 0.6) is 0 Å². The molecule has 2 rings (SSSR count). The monoisotopic (exact) mass is 212 g/mol. The van der Waals surface area contributed by atoms with E-state index in [-0.39, 0.29) is 11.6 Å². The minimum atomic E-state index is -0.675. The van der Waals surface area contributed by atoms with Crippen molar-refractivity contribution >= 4 is 5.97 Å². The van der Waals surface area contributed by atoms with Crippen molar-refractivity contribution in [2.75, 3.05) is 7.11 Å². The summed E-state index contributed by atoms with van der Waals surface area (Å²) in [5, 5.41) is 0. The van der Waals surface area contributed by atoms with Crippen LogP contribution in [0.3, 0.4) is 0 Å². The third-order valence-corrected chi connectivity index (χ3v) is 4.27. The number of epoxide rings is 1. The second-order valence-corrected chi connectivity index (χ2v) is 4.85. The maximum Gasteiger partial charge on any atom is 0.340 e. The maximum absolute atomic E-state index is 11.7. The SMILES string of the molecule is CCC1(C2CCCC2)OC1(C)C(=O)OC. The molecule has 86 valence electrons. The van der Waals surface area contributed by atoms with E-state index < -0.39 is 5.60 Å². The van der Waals surface area contributed by atoms with Crippen LogP contribution in [-0.4, -0.2) is 24.3 Å². The van der Waals surface area contributed by atoms with E-state index in [9.17, 15) is 4.79 Å². The molecule has 3 heteroatoms. The van der Waals surface area contributed by atoms with Crippen molar-refractivity contribution in [3.05, 3.63) is 0 Å². The summed E-state index contributed by atoms with van der Waals surface area (Å²) in [6.45, 7) is 3.98. The van der Waals surface area contributed by atoms with E-state index in [0.29, 0.717) is 5.92 Å². The van der Waals surface area contributed by atoms with Crippen LogP contribution in [0.4, 0.5) is 0 Å². The summed E-state index contributed by atoms with van der Waals surface area (Å²) in [5.41, 5.74) is -0.901. The molecule has 2 atom stereocenters. The Kier molecular flexibility index (Phi) is 2.53. The molecule has 0 aromatic heterocycles. The van der Waals surface area contributed by atoms with Crippen LogP contribution in [0.15, 0.2) is 0 Å². The number of ether oxygens (including phenoxy) is 2. The van der Waals surface area contributed by atoms with Crippen molar-refractivity contribution in [2.45, 2.75) is 57.2 Å². The lowest BCUT2D eigenvalue weighted by molar-refractivity contribution is -0.146. The highest BCUT2D eigenvalue weighted by Gasteiger charge is 2.74. The zero-order valence-electron chi connectivity index (χ0n) is 9.84. The molecule has 0 N–H and O–H groups in total. The molecule has 1 heterocycles. The lowest BCUT2D eigenvalue weighted by Gasteiger charge is -2.20. The highest BCUT2D eigenvalue weighted by molar-refractivity contribution is 5.84. The molecular weight excluding hydrogens is 192 g/mol. The van der Waals surface area contributed by atoms with Crippen molar-refractivity contribution in [2.24, 2.45) is 5.92 Å². The fraction of sp³-hybridized carbons (Fsp3) is 0.917. The number of hydrogen-bond donors (Lipinski definition) is 0. The van der Waals surface area contributed by atoms with Crippen molar-refractivity contribution in [3.63, 3.8) is 0 Å². The van der Waals surface area contributed by atoms with Gasteiger partial charge in [0.05, 0.1) is 7.11 Å². The topological polar surface area (TPSA) is 38.8 Å². The highest BCUT2D eigenvalue weighted by atomic mass is 16.7. The minimum Gasteiger partial charge on any atom is -0.467 e. The lowest BCUT2D eigenvalue weighted by atomic mass is 9.79. The Balaban J connectivity index is 2.16. The third-order valence-electron chi connectivity index (χ3n) is 4.27. The molecule has 1 saturated carbocycles. The molecule has 1 aliphatic carbocycles. The summed E-state index contributed by atoms with van der Waals surface area (Å²) < 4.78 is 10.6. The second-order valence-electron chi connectivity index (χ2n) is 4.85. The van der Waals surface area contributed by atoms with Gasteiger partial charge in [-0.1, -0.05) is 19.8 Å². The first-order chi connectivity index (χ1) is 7.10. The van der Waals surface area contributed by atoms with Gasteiger partial charge >= 0.3 is 5.97 Å². The Morgan fingerprint density at radius 2 is 2.07 bits per heavy atom. The van der Waals surface area contributed by atoms with Gasteiger partial charge in [-0.25, -0.2) is 4.79 Å². The lowest BCUT2D eigenvalue weighted by Crippen LogP contribution is -2.36. The van der Waals surface area contributed by atoms with Crippen LogP contribution < -0.4 is 0 Å². The van der Waals surface area contributed by atoms with Crippen LogP contribution in [-0.2, 0) is 14.3 Å². The van der Waals surface area contributed by atoms with Gasteiger partial charge in [-0.15, -0.1) is 0 Å². The molecular formula is C12H20O3. The smallest absolute Gasteiger partial charge is 0.340 e. The minimum absolute atomic E-state index is 0.212. The maximum atomic E-state index is 11.7. The average Bonchev–Trinajstić information content (AvgIpc) is 2.69. The standard InChI is InChI=1S/C12H20O3/c1-4-12(9-7-5-6-8-9)11(2,15-12)10(13)14-3/h9H,4-8H2,1-3H3. The van der Waals surface area contributed by atoms with Crippen LogP contribution in [0, 0.1) is 5.92 Å². The predicted octanol–water partition coefficient (Wildman–Crippen LogP) is 2.29. The van der Waals surface area contributed by atoms with Crippen LogP contribution in [0.2, 0.25) is 0 Å². The quantitative estimate of drug-likeness (QED) is 0.532. The Bertz CT molecular complexity index is 270. The second kappa shape index (κ2) is 3.48. The van der Waals surface area contributed by atoms with Crippen molar-refractivity contribution in [1.82, 2.24) is 0 Å². The van der Waals surface area contributed by atoms with Crippen molar-refractivity contribution in [3.8, 4) is 0 Å². The molecule has 15 heavy (non-hydrogen) atoms. The summed E-state index contributed by atoms with van der Waals surface area (Å²) >= 11 is 0. The number of carbonyl (C=O) groups excluding carboxylic acids is 1. The largest absolute Gasteiger partial charge is 0.467 e. The Hall–Kier alpha value is -0.570. The van der Waals surface area contributed by atoms with Gasteiger partial charge < -0.3 is 9.47 Å². The number of esters is 1. The first-order valence-electron chi connectivity index (χ1n) is 5.89. The Morgan fingerprint density at radius 1 is 1.47 bits per heavy atom. The summed E-state index contributed by atoms with van der Waals surface area (Å²) in [6, 6.07) is 0. The van der Waals surface area contributed by atoms with Gasteiger partial charge in [-0.3, -0.25) is 0 Å². The molecule has 2 fully saturated rings. The van der Waals surface area contributed by atoms with Gasteiger partial charge in [0, 0.05) is 0 Å². The third kappa shape index (κ3) is 1.32. The average molecular weight is 212 g/mol. The molecule has 3 nitrogen and oxygen atoms in total. The van der Waals surface area contributed by atoms with Crippen LogP contribution >= 0.6 is 0 Å². The van der Waals surface area contributed by atoms with E-state index in [1.807, 2.05) is 6.92 Å². The molecule has 2 aliphatic rings. The highest BCUT2D eigenvalue weighted by Crippen LogP contribution is 2.59. The fourth-order valence-electron chi connectivity index (χ4n) is 3.31. The normalized spacial score (nSPS) is 40.5. The van der Waals surface area contributed by atoms with Crippen LogP contribution in [0.1, 0.15) is 46.0 Å². The fourth-order valence-corrected chi connectivity index (χ4v) is 3.31. The van der Waals surface area contributed by atoms with E-state index in [2.05, 4.69) is 6.92 Å². The Morgan fingerprint density at radius 3 is 2.53 bits per heavy atom. The van der Waals surface area contributed by atoms with Gasteiger partial charge in [-0.05, 0) is 32.1 Å². The van der Waals surface area contributed by atoms with Crippen LogP contribution in [0.25, 0.3) is 0 Å². The summed E-state index contributed by atoms with van der Waals surface area (Å²) in [7, 11) is 1.43. The van der Waals surface area contributed by atoms with E-state index in [0.717, 1.165) is 6.42 Å². The van der Waals surface area contributed by atoms with E-state index >= 15 is 0 Å². The number of rotatable bonds is 3.